The average Bonchev–Trinajstić information content (AvgIpc) is 2.77. The zero-order valence-electron chi connectivity index (χ0n) is 21.1. The van der Waals surface area contributed by atoms with Crippen molar-refractivity contribution in [1.82, 2.24) is 0 Å². The standard InChI is InChI=1S/C30H46O2/c1-5-6-7-8-9-10-14-27-15-16-28(23-30(27)31)26-17-19-29(20-18-26)32-22-21-25(4)13-11-12-24(2)3/h12,17-20,23,25,27H,5-11,13-16,21-22H2,1-4H3. The highest BCUT2D eigenvalue weighted by Crippen LogP contribution is 2.32. The topological polar surface area (TPSA) is 26.3 Å². The minimum atomic E-state index is 0.242. The van der Waals surface area contributed by atoms with Crippen LogP contribution in [0.2, 0.25) is 0 Å². The van der Waals surface area contributed by atoms with Crippen LogP contribution in [0.25, 0.3) is 5.57 Å². The molecule has 0 radical (unpaired) electrons. The highest BCUT2D eigenvalue weighted by Gasteiger charge is 2.22. The first-order chi connectivity index (χ1) is 15.5. The minimum absolute atomic E-state index is 0.242. The van der Waals surface area contributed by atoms with Gasteiger partial charge in [-0.1, -0.05) is 76.2 Å². The second-order valence-electron chi connectivity index (χ2n) is 9.99. The van der Waals surface area contributed by atoms with Gasteiger partial charge in [-0.2, -0.15) is 0 Å². The number of ether oxygens (including phenoxy) is 1. The van der Waals surface area contributed by atoms with E-state index in [2.05, 4.69) is 58.0 Å². The third-order valence-corrected chi connectivity index (χ3v) is 6.70. The Hall–Kier alpha value is -1.83. The Labute approximate surface area is 197 Å². The van der Waals surface area contributed by atoms with E-state index in [0.717, 1.165) is 44.5 Å². The second kappa shape index (κ2) is 15.1. The van der Waals surface area contributed by atoms with Crippen LogP contribution < -0.4 is 4.74 Å². The molecule has 1 aliphatic carbocycles. The van der Waals surface area contributed by atoms with Gasteiger partial charge in [0.1, 0.15) is 5.75 Å². The summed E-state index contributed by atoms with van der Waals surface area (Å²) in [6.45, 7) is 9.63. The smallest absolute Gasteiger partial charge is 0.159 e. The summed E-state index contributed by atoms with van der Waals surface area (Å²) in [6, 6.07) is 8.33. The fourth-order valence-corrected chi connectivity index (χ4v) is 4.46. The molecule has 2 unspecified atom stereocenters. The molecule has 0 amide bonds. The number of ketones is 1. The summed E-state index contributed by atoms with van der Waals surface area (Å²) in [4.78, 5) is 12.6. The van der Waals surface area contributed by atoms with Crippen molar-refractivity contribution in [3.05, 3.63) is 47.6 Å². The molecule has 0 N–H and O–H groups in total. The molecule has 0 heterocycles. The van der Waals surface area contributed by atoms with Crippen LogP contribution >= 0.6 is 0 Å². The lowest BCUT2D eigenvalue weighted by molar-refractivity contribution is -0.118. The van der Waals surface area contributed by atoms with Crippen molar-refractivity contribution in [1.29, 1.82) is 0 Å². The number of unbranched alkanes of at least 4 members (excludes halogenated alkanes) is 5. The molecule has 2 rings (SSSR count). The summed E-state index contributed by atoms with van der Waals surface area (Å²) in [5.74, 6) is 2.18. The Morgan fingerprint density at radius 3 is 2.47 bits per heavy atom. The quantitative estimate of drug-likeness (QED) is 0.202. The van der Waals surface area contributed by atoms with Gasteiger partial charge in [-0.05, 0) is 87.6 Å². The van der Waals surface area contributed by atoms with Gasteiger partial charge in [0.2, 0.25) is 0 Å². The molecule has 1 aromatic carbocycles. The molecule has 2 heteroatoms. The third kappa shape index (κ3) is 10.2. The van der Waals surface area contributed by atoms with Gasteiger partial charge in [-0.15, -0.1) is 0 Å². The molecule has 0 spiro atoms. The summed E-state index contributed by atoms with van der Waals surface area (Å²) < 4.78 is 5.96. The highest BCUT2D eigenvalue weighted by molar-refractivity contribution is 5.99. The predicted octanol–water partition coefficient (Wildman–Crippen LogP) is 8.95. The van der Waals surface area contributed by atoms with E-state index < -0.39 is 0 Å². The zero-order valence-corrected chi connectivity index (χ0v) is 21.1. The van der Waals surface area contributed by atoms with Crippen molar-refractivity contribution >= 4 is 11.4 Å². The number of rotatable bonds is 15. The summed E-state index contributed by atoms with van der Waals surface area (Å²) >= 11 is 0. The molecule has 0 saturated carbocycles. The number of benzene rings is 1. The van der Waals surface area contributed by atoms with Crippen LogP contribution in [0.1, 0.15) is 110 Å². The number of hydrogen-bond donors (Lipinski definition) is 0. The predicted molar refractivity (Wildman–Crippen MR) is 138 cm³/mol. The van der Waals surface area contributed by atoms with Crippen LogP contribution in [0, 0.1) is 11.8 Å². The molecule has 1 aliphatic rings. The first-order valence-electron chi connectivity index (χ1n) is 13.1. The van der Waals surface area contributed by atoms with Crippen molar-refractivity contribution in [3.8, 4) is 5.75 Å². The largest absolute Gasteiger partial charge is 0.494 e. The summed E-state index contributed by atoms with van der Waals surface area (Å²) in [6.07, 6.45) is 18.5. The molecule has 2 nitrogen and oxygen atoms in total. The lowest BCUT2D eigenvalue weighted by atomic mass is 9.83. The maximum Gasteiger partial charge on any atom is 0.159 e. The Bertz CT molecular complexity index is 722. The molecular weight excluding hydrogens is 392 g/mol. The van der Waals surface area contributed by atoms with E-state index in [-0.39, 0.29) is 5.92 Å². The number of allylic oxidation sites excluding steroid dienone is 4. The van der Waals surface area contributed by atoms with Crippen LogP contribution in [0.5, 0.6) is 5.75 Å². The first kappa shape index (κ1) is 26.4. The van der Waals surface area contributed by atoms with Gasteiger partial charge in [0.15, 0.2) is 5.78 Å². The van der Waals surface area contributed by atoms with Gasteiger partial charge in [0.05, 0.1) is 6.61 Å². The lowest BCUT2D eigenvalue weighted by Crippen LogP contribution is -2.17. The van der Waals surface area contributed by atoms with Crippen molar-refractivity contribution in [2.75, 3.05) is 6.61 Å². The van der Waals surface area contributed by atoms with Gasteiger partial charge in [0.25, 0.3) is 0 Å². The molecule has 178 valence electrons. The fraction of sp³-hybridized carbons (Fsp3) is 0.633. The van der Waals surface area contributed by atoms with E-state index in [1.807, 2.05) is 6.08 Å². The Morgan fingerprint density at radius 2 is 1.78 bits per heavy atom. The van der Waals surface area contributed by atoms with E-state index in [4.69, 9.17) is 4.74 Å². The number of hydrogen-bond acceptors (Lipinski definition) is 2. The first-order valence-corrected chi connectivity index (χ1v) is 13.1. The normalized spacial score (nSPS) is 17.1. The molecule has 0 bridgehead atoms. The maximum atomic E-state index is 12.6. The van der Waals surface area contributed by atoms with Gasteiger partial charge in [-0.25, -0.2) is 0 Å². The Morgan fingerprint density at radius 1 is 1.06 bits per heavy atom. The average molecular weight is 439 g/mol. The Balaban J connectivity index is 1.72. The molecule has 0 aliphatic heterocycles. The molecule has 0 saturated heterocycles. The van der Waals surface area contributed by atoms with Gasteiger partial charge < -0.3 is 4.74 Å². The third-order valence-electron chi connectivity index (χ3n) is 6.70. The number of carbonyl (C=O) groups excluding carboxylic acids is 1. The second-order valence-corrected chi connectivity index (χ2v) is 9.99. The lowest BCUT2D eigenvalue weighted by Gasteiger charge is -2.21. The fourth-order valence-electron chi connectivity index (χ4n) is 4.46. The van der Waals surface area contributed by atoms with E-state index in [9.17, 15) is 4.79 Å². The van der Waals surface area contributed by atoms with E-state index in [1.165, 1.54) is 61.7 Å². The molecule has 32 heavy (non-hydrogen) atoms. The van der Waals surface area contributed by atoms with Crippen molar-refractivity contribution < 1.29 is 9.53 Å². The monoisotopic (exact) mass is 438 g/mol. The summed E-state index contributed by atoms with van der Waals surface area (Å²) in [5, 5.41) is 0. The van der Waals surface area contributed by atoms with Gasteiger partial charge >= 0.3 is 0 Å². The van der Waals surface area contributed by atoms with Gasteiger partial charge in [-0.3, -0.25) is 4.79 Å². The van der Waals surface area contributed by atoms with Crippen LogP contribution in [0.15, 0.2) is 42.0 Å². The highest BCUT2D eigenvalue weighted by atomic mass is 16.5. The van der Waals surface area contributed by atoms with Crippen LogP contribution in [0.3, 0.4) is 0 Å². The maximum absolute atomic E-state index is 12.6. The Kier molecular flexibility index (Phi) is 12.5. The summed E-state index contributed by atoms with van der Waals surface area (Å²) in [5.41, 5.74) is 3.75. The molecular formula is C30H46O2. The van der Waals surface area contributed by atoms with E-state index >= 15 is 0 Å². The van der Waals surface area contributed by atoms with Crippen LogP contribution in [0.4, 0.5) is 0 Å². The molecule has 0 aromatic heterocycles. The van der Waals surface area contributed by atoms with E-state index in [0.29, 0.717) is 11.7 Å². The van der Waals surface area contributed by atoms with Crippen molar-refractivity contribution in [2.45, 2.75) is 105 Å². The molecule has 2 atom stereocenters. The van der Waals surface area contributed by atoms with Crippen molar-refractivity contribution in [2.24, 2.45) is 11.8 Å². The van der Waals surface area contributed by atoms with Crippen molar-refractivity contribution in [3.63, 3.8) is 0 Å². The van der Waals surface area contributed by atoms with Crippen LogP contribution in [-0.4, -0.2) is 12.4 Å². The minimum Gasteiger partial charge on any atom is -0.494 e. The summed E-state index contributed by atoms with van der Waals surface area (Å²) in [7, 11) is 0. The molecule has 1 aromatic rings. The number of carbonyl (C=O) groups is 1. The van der Waals surface area contributed by atoms with Gasteiger partial charge in [0, 0.05) is 5.92 Å². The molecule has 0 fully saturated rings. The zero-order chi connectivity index (χ0) is 23.2. The van der Waals surface area contributed by atoms with Crippen LogP contribution in [-0.2, 0) is 4.79 Å². The SMILES string of the molecule is CCCCCCCCC1CCC(c2ccc(OCCC(C)CCC=C(C)C)cc2)=CC1=O. The van der Waals surface area contributed by atoms with E-state index in [1.54, 1.807) is 0 Å².